The van der Waals surface area contributed by atoms with Gasteiger partial charge in [0.1, 0.15) is 0 Å². The number of hydrogen-bond acceptors (Lipinski definition) is 2. The van der Waals surface area contributed by atoms with Crippen LogP contribution >= 0.6 is 0 Å². The summed E-state index contributed by atoms with van der Waals surface area (Å²) in [5.74, 6) is 0.563. The molecule has 16 heavy (non-hydrogen) atoms. The second kappa shape index (κ2) is 4.49. The molecule has 84 valence electrons. The van der Waals surface area contributed by atoms with E-state index in [1.807, 2.05) is 6.07 Å². The first kappa shape index (κ1) is 10.9. The lowest BCUT2D eigenvalue weighted by Crippen LogP contribution is -1.95. The lowest BCUT2D eigenvalue weighted by atomic mass is 10.0. The normalized spacial score (nSPS) is 11.0. The van der Waals surface area contributed by atoms with Crippen molar-refractivity contribution in [2.45, 2.75) is 26.3 Å². The van der Waals surface area contributed by atoms with Crippen LogP contribution in [0, 0.1) is 0 Å². The Bertz CT molecular complexity index is 454. The van der Waals surface area contributed by atoms with E-state index >= 15 is 0 Å². The Kier molecular flexibility index (Phi) is 3.06. The predicted octanol–water partition coefficient (Wildman–Crippen LogP) is 2.66. The van der Waals surface area contributed by atoms with Crippen LogP contribution in [0.5, 0.6) is 0 Å². The Morgan fingerprint density at radius 1 is 1.25 bits per heavy atom. The molecule has 0 aliphatic heterocycles. The van der Waals surface area contributed by atoms with E-state index in [0.29, 0.717) is 12.5 Å². The summed E-state index contributed by atoms with van der Waals surface area (Å²) in [6.07, 6.45) is 0. The second-order valence-electron chi connectivity index (χ2n) is 4.26. The average Bonchev–Trinajstić information content (AvgIpc) is 2.77. The molecule has 0 spiro atoms. The molecule has 2 rings (SSSR count). The maximum Gasteiger partial charge on any atom is 0.0924 e. The Labute approximate surface area is 95.7 Å². The van der Waals surface area contributed by atoms with Gasteiger partial charge in [-0.15, -0.1) is 0 Å². The highest BCUT2D eigenvalue weighted by Gasteiger charge is 2.04. The summed E-state index contributed by atoms with van der Waals surface area (Å²) in [5.41, 5.74) is 9.92. The summed E-state index contributed by atoms with van der Waals surface area (Å²) in [4.78, 5) is 0. The number of hydrogen-bond donors (Lipinski definition) is 2. The molecule has 1 aromatic heterocycles. The van der Waals surface area contributed by atoms with Crippen LogP contribution in [0.15, 0.2) is 30.3 Å². The summed E-state index contributed by atoms with van der Waals surface area (Å²) >= 11 is 0. The predicted molar refractivity (Wildman–Crippen MR) is 66.0 cm³/mol. The van der Waals surface area contributed by atoms with Crippen molar-refractivity contribution in [2.24, 2.45) is 5.73 Å². The molecule has 0 unspecified atom stereocenters. The summed E-state index contributed by atoms with van der Waals surface area (Å²) in [6, 6.07) is 10.5. The molecule has 0 bridgehead atoms. The third-order valence-corrected chi connectivity index (χ3v) is 2.72. The fourth-order valence-electron chi connectivity index (χ4n) is 1.65. The highest BCUT2D eigenvalue weighted by molar-refractivity contribution is 5.59. The summed E-state index contributed by atoms with van der Waals surface area (Å²) in [6.45, 7) is 4.88. The fourth-order valence-corrected chi connectivity index (χ4v) is 1.65. The van der Waals surface area contributed by atoms with Crippen molar-refractivity contribution in [2.75, 3.05) is 0 Å². The largest absolute Gasteiger partial charge is 0.325 e. The first-order valence-corrected chi connectivity index (χ1v) is 5.55. The minimum Gasteiger partial charge on any atom is -0.325 e. The number of H-pyrrole nitrogens is 1. The molecular weight excluding hydrogens is 198 g/mol. The van der Waals surface area contributed by atoms with E-state index in [4.69, 9.17) is 5.73 Å². The molecule has 0 aliphatic rings. The van der Waals surface area contributed by atoms with Gasteiger partial charge in [0.25, 0.3) is 0 Å². The minimum absolute atomic E-state index is 0.497. The summed E-state index contributed by atoms with van der Waals surface area (Å²) in [7, 11) is 0. The van der Waals surface area contributed by atoms with Gasteiger partial charge in [0.15, 0.2) is 0 Å². The Balaban J connectivity index is 2.27. The van der Waals surface area contributed by atoms with E-state index in [9.17, 15) is 0 Å². The Morgan fingerprint density at radius 3 is 2.44 bits per heavy atom. The van der Waals surface area contributed by atoms with E-state index in [2.05, 4.69) is 48.3 Å². The highest BCUT2D eigenvalue weighted by atomic mass is 15.1. The molecule has 0 radical (unpaired) electrons. The molecule has 0 atom stereocenters. The first-order chi connectivity index (χ1) is 7.70. The van der Waals surface area contributed by atoms with Crippen LogP contribution in [-0.2, 0) is 6.54 Å². The number of nitrogens with two attached hydrogens (primary N) is 1. The second-order valence-corrected chi connectivity index (χ2v) is 4.26. The van der Waals surface area contributed by atoms with Crippen LogP contribution in [0.25, 0.3) is 11.3 Å². The topological polar surface area (TPSA) is 54.7 Å². The van der Waals surface area contributed by atoms with Crippen molar-refractivity contribution >= 4 is 0 Å². The third kappa shape index (κ3) is 2.14. The van der Waals surface area contributed by atoms with Crippen molar-refractivity contribution in [3.05, 3.63) is 41.6 Å². The number of aromatic amines is 1. The first-order valence-electron chi connectivity index (χ1n) is 5.55. The van der Waals surface area contributed by atoms with Crippen molar-refractivity contribution in [3.8, 4) is 11.3 Å². The molecule has 3 heteroatoms. The average molecular weight is 215 g/mol. The lowest BCUT2D eigenvalue weighted by Gasteiger charge is -2.05. The van der Waals surface area contributed by atoms with Crippen LogP contribution in [0.3, 0.4) is 0 Å². The van der Waals surface area contributed by atoms with Crippen LogP contribution in [0.4, 0.5) is 0 Å². The van der Waals surface area contributed by atoms with E-state index in [-0.39, 0.29) is 0 Å². The number of nitrogens with one attached hydrogen (secondary N) is 1. The van der Waals surface area contributed by atoms with Gasteiger partial charge < -0.3 is 5.73 Å². The maximum atomic E-state index is 5.53. The maximum absolute atomic E-state index is 5.53. The van der Waals surface area contributed by atoms with Gasteiger partial charge in [0, 0.05) is 17.8 Å². The molecule has 0 saturated carbocycles. The summed E-state index contributed by atoms with van der Waals surface area (Å²) < 4.78 is 0. The standard InChI is InChI=1S/C13H17N3/c1-9(2)10-3-5-11(6-4-10)13-7-12(8-14)15-16-13/h3-7,9H,8,14H2,1-2H3,(H,15,16). The van der Waals surface area contributed by atoms with Crippen LogP contribution in [-0.4, -0.2) is 10.2 Å². The van der Waals surface area contributed by atoms with Gasteiger partial charge in [-0.1, -0.05) is 38.1 Å². The van der Waals surface area contributed by atoms with Gasteiger partial charge in [-0.05, 0) is 17.5 Å². The van der Waals surface area contributed by atoms with Gasteiger partial charge in [-0.25, -0.2) is 0 Å². The molecule has 1 heterocycles. The van der Waals surface area contributed by atoms with Crippen LogP contribution in [0.2, 0.25) is 0 Å². The van der Waals surface area contributed by atoms with Crippen molar-refractivity contribution < 1.29 is 0 Å². The number of nitrogens with zero attached hydrogens (tertiary/aromatic N) is 1. The van der Waals surface area contributed by atoms with E-state index < -0.39 is 0 Å². The van der Waals surface area contributed by atoms with Gasteiger partial charge >= 0.3 is 0 Å². The van der Waals surface area contributed by atoms with Crippen molar-refractivity contribution in [1.29, 1.82) is 0 Å². The lowest BCUT2D eigenvalue weighted by molar-refractivity contribution is 0.867. The highest BCUT2D eigenvalue weighted by Crippen LogP contribution is 2.21. The fraction of sp³-hybridized carbons (Fsp3) is 0.308. The number of benzene rings is 1. The minimum atomic E-state index is 0.497. The van der Waals surface area contributed by atoms with Crippen LogP contribution < -0.4 is 5.73 Å². The van der Waals surface area contributed by atoms with Gasteiger partial charge in [0.2, 0.25) is 0 Å². The molecule has 0 saturated heterocycles. The molecule has 0 fully saturated rings. The van der Waals surface area contributed by atoms with Crippen molar-refractivity contribution in [3.63, 3.8) is 0 Å². The Morgan fingerprint density at radius 2 is 1.94 bits per heavy atom. The quantitative estimate of drug-likeness (QED) is 0.827. The number of aromatic nitrogens is 2. The number of rotatable bonds is 3. The zero-order valence-electron chi connectivity index (χ0n) is 9.70. The van der Waals surface area contributed by atoms with Gasteiger partial charge in [0.05, 0.1) is 5.69 Å². The van der Waals surface area contributed by atoms with E-state index in [1.54, 1.807) is 0 Å². The molecule has 0 aliphatic carbocycles. The zero-order chi connectivity index (χ0) is 11.5. The summed E-state index contributed by atoms with van der Waals surface area (Å²) in [5, 5.41) is 7.14. The molecule has 2 aromatic rings. The van der Waals surface area contributed by atoms with E-state index in [0.717, 1.165) is 17.0 Å². The molecule has 0 amide bonds. The SMILES string of the molecule is CC(C)c1ccc(-c2cc(CN)[nH]n2)cc1. The zero-order valence-corrected chi connectivity index (χ0v) is 9.70. The van der Waals surface area contributed by atoms with Gasteiger partial charge in [-0.2, -0.15) is 5.10 Å². The van der Waals surface area contributed by atoms with Crippen molar-refractivity contribution in [1.82, 2.24) is 10.2 Å². The smallest absolute Gasteiger partial charge is 0.0924 e. The monoisotopic (exact) mass is 215 g/mol. The molecule has 3 N–H and O–H groups in total. The third-order valence-electron chi connectivity index (χ3n) is 2.72. The Hall–Kier alpha value is -1.61. The molecule has 1 aromatic carbocycles. The molecular formula is C13H17N3. The van der Waals surface area contributed by atoms with E-state index in [1.165, 1.54) is 5.56 Å². The van der Waals surface area contributed by atoms with Crippen LogP contribution in [0.1, 0.15) is 31.0 Å². The van der Waals surface area contributed by atoms with Gasteiger partial charge in [-0.3, -0.25) is 5.10 Å². The molecule has 3 nitrogen and oxygen atoms in total.